The van der Waals surface area contributed by atoms with Gasteiger partial charge in [0.15, 0.2) is 0 Å². The van der Waals surface area contributed by atoms with Gasteiger partial charge in [0.05, 0.1) is 5.92 Å². The fraction of sp³-hybridized carbons (Fsp3) is 0.417. The van der Waals surface area contributed by atoms with Crippen molar-refractivity contribution in [1.29, 1.82) is 0 Å². The van der Waals surface area contributed by atoms with E-state index < -0.39 is 5.97 Å². The summed E-state index contributed by atoms with van der Waals surface area (Å²) in [4.78, 5) is 10.9. The van der Waals surface area contributed by atoms with Crippen molar-refractivity contribution in [3.63, 3.8) is 0 Å². The highest BCUT2D eigenvalue weighted by Crippen LogP contribution is 2.61. The van der Waals surface area contributed by atoms with Gasteiger partial charge in [-0.25, -0.2) is 0 Å². The van der Waals surface area contributed by atoms with E-state index in [2.05, 4.69) is 12.1 Å². The zero-order chi connectivity index (χ0) is 9.76. The van der Waals surface area contributed by atoms with Crippen LogP contribution < -0.4 is 0 Å². The van der Waals surface area contributed by atoms with Gasteiger partial charge in [0.1, 0.15) is 0 Å². The molecule has 1 saturated carbocycles. The molecule has 3 rings (SSSR count). The summed E-state index contributed by atoms with van der Waals surface area (Å²) >= 11 is 0. The number of aliphatic carboxylic acids is 1. The maximum absolute atomic E-state index is 10.9. The number of aryl methyl sites for hydroxylation is 1. The molecule has 0 saturated heterocycles. The summed E-state index contributed by atoms with van der Waals surface area (Å²) in [6, 6.07) is 8.28. The molecule has 1 aromatic carbocycles. The molecule has 0 unspecified atom stereocenters. The lowest BCUT2D eigenvalue weighted by molar-refractivity contribution is -0.139. The maximum atomic E-state index is 10.9. The number of carbonyl (C=O) groups is 1. The van der Waals surface area contributed by atoms with Crippen LogP contribution in [0.15, 0.2) is 24.3 Å². The number of carboxylic acid groups (broad SMARTS) is 1. The highest BCUT2D eigenvalue weighted by Gasteiger charge is 2.61. The van der Waals surface area contributed by atoms with E-state index in [0.717, 1.165) is 19.3 Å². The highest BCUT2D eigenvalue weighted by molar-refractivity contribution is 5.78. The van der Waals surface area contributed by atoms with Crippen molar-refractivity contribution in [2.75, 3.05) is 0 Å². The van der Waals surface area contributed by atoms with E-state index in [1.807, 2.05) is 12.1 Å². The fourth-order valence-corrected chi connectivity index (χ4v) is 2.92. The van der Waals surface area contributed by atoms with Crippen LogP contribution in [0.25, 0.3) is 0 Å². The molecule has 1 aromatic rings. The molecular formula is C12H12O2. The molecule has 2 aliphatic carbocycles. The van der Waals surface area contributed by atoms with Crippen molar-refractivity contribution in [2.24, 2.45) is 5.92 Å². The SMILES string of the molecule is O=C(O)[C@H]1C[C@]12CCc1ccccc12. The van der Waals surface area contributed by atoms with Crippen LogP contribution >= 0.6 is 0 Å². The van der Waals surface area contributed by atoms with E-state index in [4.69, 9.17) is 5.11 Å². The Hall–Kier alpha value is -1.31. The van der Waals surface area contributed by atoms with E-state index in [9.17, 15) is 4.79 Å². The molecule has 14 heavy (non-hydrogen) atoms. The van der Waals surface area contributed by atoms with E-state index in [-0.39, 0.29) is 11.3 Å². The smallest absolute Gasteiger partial charge is 0.307 e. The molecule has 72 valence electrons. The lowest BCUT2D eigenvalue weighted by atomic mass is 9.95. The molecule has 2 aliphatic rings. The average molecular weight is 188 g/mol. The van der Waals surface area contributed by atoms with Crippen LogP contribution in [0.4, 0.5) is 0 Å². The number of carboxylic acids is 1. The van der Waals surface area contributed by atoms with Crippen LogP contribution in [0.5, 0.6) is 0 Å². The van der Waals surface area contributed by atoms with Gasteiger partial charge in [0.2, 0.25) is 0 Å². The molecule has 0 aliphatic heterocycles. The molecule has 2 nitrogen and oxygen atoms in total. The number of hydrogen-bond donors (Lipinski definition) is 1. The summed E-state index contributed by atoms with van der Waals surface area (Å²) in [5.74, 6) is -0.743. The third-order valence-electron chi connectivity index (χ3n) is 3.77. The van der Waals surface area contributed by atoms with Gasteiger partial charge < -0.3 is 5.11 Å². The van der Waals surface area contributed by atoms with Gasteiger partial charge in [-0.15, -0.1) is 0 Å². The Balaban J connectivity index is 2.04. The molecule has 0 heterocycles. The van der Waals surface area contributed by atoms with Crippen LogP contribution in [-0.2, 0) is 16.6 Å². The van der Waals surface area contributed by atoms with E-state index in [1.165, 1.54) is 11.1 Å². The first-order chi connectivity index (χ1) is 6.74. The van der Waals surface area contributed by atoms with Crippen molar-refractivity contribution in [1.82, 2.24) is 0 Å². The summed E-state index contributed by atoms with van der Waals surface area (Å²) in [7, 11) is 0. The minimum Gasteiger partial charge on any atom is -0.481 e. The first kappa shape index (κ1) is 8.04. The molecule has 0 amide bonds. The first-order valence-electron chi connectivity index (χ1n) is 5.05. The standard InChI is InChI=1S/C12H12O2/c13-11(14)10-7-12(10)6-5-8-3-1-2-4-9(8)12/h1-4,10H,5-7H2,(H,13,14)/t10-,12+/m1/s1. The van der Waals surface area contributed by atoms with E-state index in [1.54, 1.807) is 0 Å². The zero-order valence-electron chi connectivity index (χ0n) is 7.86. The van der Waals surface area contributed by atoms with Crippen LogP contribution in [0.3, 0.4) is 0 Å². The molecule has 0 bridgehead atoms. The van der Waals surface area contributed by atoms with Gasteiger partial charge in [-0.3, -0.25) is 4.79 Å². The minimum atomic E-state index is -0.623. The van der Waals surface area contributed by atoms with Gasteiger partial charge in [-0.2, -0.15) is 0 Å². The number of hydrogen-bond acceptors (Lipinski definition) is 1. The second-order valence-corrected chi connectivity index (χ2v) is 4.41. The monoisotopic (exact) mass is 188 g/mol. The molecule has 2 atom stereocenters. The first-order valence-corrected chi connectivity index (χ1v) is 5.05. The average Bonchev–Trinajstić information content (AvgIpc) is 2.80. The van der Waals surface area contributed by atoms with Crippen LogP contribution in [0.1, 0.15) is 24.0 Å². The Morgan fingerprint density at radius 2 is 2.21 bits per heavy atom. The number of rotatable bonds is 1. The maximum Gasteiger partial charge on any atom is 0.307 e. The van der Waals surface area contributed by atoms with Gasteiger partial charge in [0, 0.05) is 5.41 Å². The van der Waals surface area contributed by atoms with Gasteiger partial charge in [0.25, 0.3) is 0 Å². The Morgan fingerprint density at radius 3 is 2.93 bits per heavy atom. The molecule has 0 aromatic heterocycles. The van der Waals surface area contributed by atoms with Crippen molar-refractivity contribution in [3.05, 3.63) is 35.4 Å². The Morgan fingerprint density at radius 1 is 1.43 bits per heavy atom. The van der Waals surface area contributed by atoms with Crippen molar-refractivity contribution >= 4 is 5.97 Å². The van der Waals surface area contributed by atoms with Gasteiger partial charge >= 0.3 is 5.97 Å². The van der Waals surface area contributed by atoms with Crippen molar-refractivity contribution < 1.29 is 9.90 Å². The third kappa shape index (κ3) is 0.834. The van der Waals surface area contributed by atoms with E-state index >= 15 is 0 Å². The Labute approximate surface area is 82.6 Å². The predicted octanol–water partition coefficient (Wildman–Crippen LogP) is 1.98. The molecular weight excluding hydrogens is 176 g/mol. The summed E-state index contributed by atoms with van der Waals surface area (Å²) in [6.45, 7) is 0. The second kappa shape index (κ2) is 2.38. The molecule has 2 heteroatoms. The summed E-state index contributed by atoms with van der Waals surface area (Å²) in [5.41, 5.74) is 2.67. The van der Waals surface area contributed by atoms with E-state index in [0.29, 0.717) is 0 Å². The zero-order valence-corrected chi connectivity index (χ0v) is 7.86. The third-order valence-corrected chi connectivity index (χ3v) is 3.77. The fourth-order valence-electron chi connectivity index (χ4n) is 2.92. The lowest BCUT2D eigenvalue weighted by Gasteiger charge is -2.08. The predicted molar refractivity (Wildman–Crippen MR) is 52.2 cm³/mol. The summed E-state index contributed by atoms with van der Waals surface area (Å²) in [6.07, 6.45) is 2.93. The summed E-state index contributed by atoms with van der Waals surface area (Å²) < 4.78 is 0. The topological polar surface area (TPSA) is 37.3 Å². The quantitative estimate of drug-likeness (QED) is 0.731. The van der Waals surface area contributed by atoms with Crippen LogP contribution in [0.2, 0.25) is 0 Å². The minimum absolute atomic E-state index is 0.0163. The molecule has 1 fully saturated rings. The Kier molecular flexibility index (Phi) is 1.37. The van der Waals surface area contributed by atoms with Gasteiger partial charge in [-0.05, 0) is 30.4 Å². The normalized spacial score (nSPS) is 33.0. The number of benzene rings is 1. The van der Waals surface area contributed by atoms with Crippen molar-refractivity contribution in [2.45, 2.75) is 24.7 Å². The molecule has 1 N–H and O–H groups in total. The van der Waals surface area contributed by atoms with Crippen molar-refractivity contribution in [3.8, 4) is 0 Å². The molecule has 0 radical (unpaired) electrons. The van der Waals surface area contributed by atoms with Crippen LogP contribution in [0, 0.1) is 5.92 Å². The second-order valence-electron chi connectivity index (χ2n) is 4.41. The molecule has 1 spiro atoms. The lowest BCUT2D eigenvalue weighted by Crippen LogP contribution is -2.11. The van der Waals surface area contributed by atoms with Crippen LogP contribution in [-0.4, -0.2) is 11.1 Å². The Bertz CT molecular complexity index is 411. The van der Waals surface area contributed by atoms with Gasteiger partial charge in [-0.1, -0.05) is 24.3 Å². The largest absolute Gasteiger partial charge is 0.481 e. The summed E-state index contributed by atoms with van der Waals surface area (Å²) in [5, 5.41) is 9.00. The number of fused-ring (bicyclic) bond motifs is 2. The highest BCUT2D eigenvalue weighted by atomic mass is 16.4.